The summed E-state index contributed by atoms with van der Waals surface area (Å²) in [6, 6.07) is 10.9. The number of hydrogen-bond donors (Lipinski definition) is 6. The van der Waals surface area contributed by atoms with Crippen LogP contribution in [-0.4, -0.2) is 111 Å². The van der Waals surface area contributed by atoms with Crippen molar-refractivity contribution in [2.75, 3.05) is 19.8 Å². The third-order valence-electron chi connectivity index (χ3n) is 7.40. The topological polar surface area (TPSA) is 211 Å². The van der Waals surface area contributed by atoms with Crippen LogP contribution in [0.3, 0.4) is 0 Å². The minimum Gasteiger partial charge on any atom is -0.484 e. The molecule has 0 saturated carbocycles. The van der Waals surface area contributed by atoms with Gasteiger partial charge in [0.1, 0.15) is 47.8 Å². The van der Waals surface area contributed by atoms with E-state index in [1.165, 1.54) is 18.2 Å². The second-order valence-corrected chi connectivity index (χ2v) is 10.3. The molecule has 6 N–H and O–H groups in total. The molecule has 0 spiro atoms. The molecule has 228 valence electrons. The van der Waals surface area contributed by atoms with Crippen LogP contribution in [0.25, 0.3) is 0 Å². The van der Waals surface area contributed by atoms with Crippen LogP contribution in [-0.2, 0) is 19.0 Å². The third kappa shape index (κ3) is 5.80. The molecule has 0 aliphatic carbocycles. The first-order chi connectivity index (χ1) is 20.0. The number of rotatable bonds is 8. The third-order valence-corrected chi connectivity index (χ3v) is 7.40. The zero-order valence-electron chi connectivity index (χ0n) is 22.4. The van der Waals surface area contributed by atoms with E-state index in [-0.39, 0.29) is 36.1 Å². The Labute approximate surface area is 239 Å². The minimum absolute atomic E-state index is 0.0476. The molecule has 0 amide bonds. The molecule has 2 fully saturated rings. The maximum Gasteiger partial charge on any atom is 0.303 e. The number of ether oxygens (including phenoxy) is 6. The van der Waals surface area contributed by atoms with Gasteiger partial charge >= 0.3 is 5.97 Å². The van der Waals surface area contributed by atoms with E-state index in [9.17, 15) is 40.2 Å². The van der Waals surface area contributed by atoms with Crippen molar-refractivity contribution in [3.05, 3.63) is 53.6 Å². The van der Waals surface area contributed by atoms with E-state index in [4.69, 9.17) is 28.4 Å². The molecule has 42 heavy (non-hydrogen) atoms. The summed E-state index contributed by atoms with van der Waals surface area (Å²) in [5, 5.41) is 59.8. The van der Waals surface area contributed by atoms with Gasteiger partial charge in [0, 0.05) is 13.0 Å². The molecule has 0 bridgehead atoms. The molecule has 9 atom stereocenters. The summed E-state index contributed by atoms with van der Waals surface area (Å²) in [5.74, 6) is -0.195. The molecule has 14 heteroatoms. The summed E-state index contributed by atoms with van der Waals surface area (Å²) in [7, 11) is 0. The molecular formula is C28H32O14. The SMILES string of the molecule is CC(=O)OC1(CO)COC(Oc2ccc3c(c2)OC(c2ccc(OC4OC(CO)C(O)C(O)C4O)cc2)CC3=O)C1O. The second kappa shape index (κ2) is 12.1. The van der Waals surface area contributed by atoms with Gasteiger partial charge < -0.3 is 59.1 Å². The molecule has 5 rings (SSSR count). The molecule has 9 unspecified atom stereocenters. The number of Topliss-reactive ketones (excluding diaryl/α,β-unsaturated/α-hetero) is 1. The van der Waals surface area contributed by atoms with Crippen LogP contribution in [0.2, 0.25) is 0 Å². The summed E-state index contributed by atoms with van der Waals surface area (Å²) >= 11 is 0. The lowest BCUT2D eigenvalue weighted by Gasteiger charge is -2.39. The van der Waals surface area contributed by atoms with Gasteiger partial charge in [-0.3, -0.25) is 9.59 Å². The Morgan fingerprint density at radius 3 is 2.31 bits per heavy atom. The first-order valence-electron chi connectivity index (χ1n) is 13.2. The van der Waals surface area contributed by atoms with Crippen molar-refractivity contribution < 1.29 is 68.6 Å². The van der Waals surface area contributed by atoms with Crippen LogP contribution >= 0.6 is 0 Å². The molecule has 14 nitrogen and oxygen atoms in total. The Balaban J connectivity index is 1.25. The Bertz CT molecular complexity index is 1280. The molecule has 2 aromatic rings. The first-order valence-corrected chi connectivity index (χ1v) is 13.2. The van der Waals surface area contributed by atoms with Crippen molar-refractivity contribution in [3.8, 4) is 17.2 Å². The molecule has 2 saturated heterocycles. The van der Waals surface area contributed by atoms with Crippen LogP contribution in [0, 0.1) is 0 Å². The Morgan fingerprint density at radius 1 is 0.952 bits per heavy atom. The van der Waals surface area contributed by atoms with Gasteiger partial charge in [0.2, 0.25) is 12.6 Å². The van der Waals surface area contributed by atoms with Crippen molar-refractivity contribution in [1.82, 2.24) is 0 Å². The average Bonchev–Trinajstić information content (AvgIpc) is 3.27. The summed E-state index contributed by atoms with van der Waals surface area (Å²) in [4.78, 5) is 24.3. The predicted molar refractivity (Wildman–Crippen MR) is 138 cm³/mol. The van der Waals surface area contributed by atoms with E-state index in [1.54, 1.807) is 24.3 Å². The van der Waals surface area contributed by atoms with Crippen LogP contribution in [0.5, 0.6) is 17.2 Å². The number of benzene rings is 2. The fraction of sp³-hybridized carbons (Fsp3) is 0.500. The van der Waals surface area contributed by atoms with Crippen molar-refractivity contribution in [2.24, 2.45) is 0 Å². The van der Waals surface area contributed by atoms with Gasteiger partial charge in [-0.15, -0.1) is 0 Å². The van der Waals surface area contributed by atoms with E-state index >= 15 is 0 Å². The largest absolute Gasteiger partial charge is 0.484 e. The van der Waals surface area contributed by atoms with Crippen LogP contribution in [0.1, 0.15) is 35.4 Å². The molecule has 3 aliphatic heterocycles. The maximum absolute atomic E-state index is 12.9. The normalized spacial score (nSPS) is 34.3. The Morgan fingerprint density at radius 2 is 1.64 bits per heavy atom. The number of carbonyl (C=O) groups excluding carboxylic acids is 2. The molecule has 0 radical (unpaired) electrons. The number of aliphatic hydroxyl groups is 6. The molecule has 3 heterocycles. The van der Waals surface area contributed by atoms with E-state index in [1.807, 2.05) is 0 Å². The van der Waals surface area contributed by atoms with Gasteiger partial charge in [-0.25, -0.2) is 0 Å². The lowest BCUT2D eigenvalue weighted by Crippen LogP contribution is -2.60. The molecular weight excluding hydrogens is 560 g/mol. The Hall–Kier alpha value is -3.34. The zero-order valence-corrected chi connectivity index (χ0v) is 22.4. The fourth-order valence-electron chi connectivity index (χ4n) is 5.05. The van der Waals surface area contributed by atoms with Crippen LogP contribution in [0.4, 0.5) is 0 Å². The molecule has 0 aromatic heterocycles. The van der Waals surface area contributed by atoms with Crippen molar-refractivity contribution in [1.29, 1.82) is 0 Å². The fourth-order valence-corrected chi connectivity index (χ4v) is 5.05. The van der Waals surface area contributed by atoms with E-state index in [0.717, 1.165) is 6.92 Å². The summed E-state index contributed by atoms with van der Waals surface area (Å²) in [6.07, 6.45) is -10.5. The Kier molecular flexibility index (Phi) is 8.68. The maximum atomic E-state index is 12.9. The van der Waals surface area contributed by atoms with Gasteiger partial charge in [0.05, 0.1) is 31.8 Å². The lowest BCUT2D eigenvalue weighted by atomic mass is 9.96. The lowest BCUT2D eigenvalue weighted by molar-refractivity contribution is -0.277. The monoisotopic (exact) mass is 592 g/mol. The van der Waals surface area contributed by atoms with Crippen LogP contribution in [0.15, 0.2) is 42.5 Å². The highest BCUT2D eigenvalue weighted by Gasteiger charge is 2.53. The smallest absolute Gasteiger partial charge is 0.303 e. The number of ketones is 1. The van der Waals surface area contributed by atoms with Crippen molar-refractivity contribution in [2.45, 2.75) is 68.1 Å². The van der Waals surface area contributed by atoms with E-state index in [2.05, 4.69) is 0 Å². The predicted octanol–water partition coefficient (Wildman–Crippen LogP) is -1.04. The number of aliphatic hydroxyl groups excluding tert-OH is 6. The summed E-state index contributed by atoms with van der Waals surface area (Å²) in [5.41, 5.74) is -0.704. The number of hydrogen-bond acceptors (Lipinski definition) is 14. The quantitative estimate of drug-likeness (QED) is 0.202. The number of esters is 1. The molecule has 2 aromatic carbocycles. The van der Waals surface area contributed by atoms with Crippen LogP contribution < -0.4 is 14.2 Å². The van der Waals surface area contributed by atoms with Crippen molar-refractivity contribution in [3.63, 3.8) is 0 Å². The minimum atomic E-state index is -1.67. The van der Waals surface area contributed by atoms with Gasteiger partial charge in [-0.2, -0.15) is 0 Å². The zero-order chi connectivity index (χ0) is 30.2. The first kappa shape index (κ1) is 30.1. The number of fused-ring (bicyclic) bond motifs is 1. The van der Waals surface area contributed by atoms with Gasteiger partial charge in [-0.1, -0.05) is 12.1 Å². The molecule has 3 aliphatic rings. The van der Waals surface area contributed by atoms with E-state index in [0.29, 0.717) is 11.1 Å². The number of carbonyl (C=O) groups is 2. The summed E-state index contributed by atoms with van der Waals surface area (Å²) in [6.45, 7) is -0.402. The van der Waals surface area contributed by atoms with Crippen molar-refractivity contribution >= 4 is 11.8 Å². The average molecular weight is 593 g/mol. The van der Waals surface area contributed by atoms with E-state index < -0.39 is 74.0 Å². The highest BCUT2D eigenvalue weighted by molar-refractivity contribution is 6.00. The highest BCUT2D eigenvalue weighted by atomic mass is 16.7. The second-order valence-electron chi connectivity index (χ2n) is 10.3. The van der Waals surface area contributed by atoms with Gasteiger partial charge in [0.15, 0.2) is 17.5 Å². The summed E-state index contributed by atoms with van der Waals surface area (Å²) < 4.78 is 33.3. The van der Waals surface area contributed by atoms with Gasteiger partial charge in [-0.05, 0) is 29.8 Å². The van der Waals surface area contributed by atoms with Gasteiger partial charge in [0.25, 0.3) is 0 Å². The highest BCUT2D eigenvalue weighted by Crippen LogP contribution is 2.39. The standard InChI is InChI=1S/C28H32O14/c1-13(31)42-28(11-30)12-37-27(25(28)36)39-16-6-7-17-18(32)9-19(40-20(17)8-16)14-2-4-15(5-3-14)38-26-24(35)23(34)22(33)21(10-29)41-26/h2-8,19,21-27,29-30,33-36H,9-12H2,1H3.